The number of aromatic nitrogens is 1. The summed E-state index contributed by atoms with van der Waals surface area (Å²) in [6.07, 6.45) is 2.71. The first kappa shape index (κ1) is 23.5. The fourth-order valence-electron chi connectivity index (χ4n) is 3.14. The Labute approximate surface area is 179 Å². The number of anilines is 1. The van der Waals surface area contributed by atoms with Crippen LogP contribution < -0.4 is 5.32 Å². The average molecular weight is 415 g/mol. The molecule has 0 fully saturated rings. The van der Waals surface area contributed by atoms with E-state index in [9.17, 15) is 9.59 Å². The van der Waals surface area contributed by atoms with Crippen LogP contribution in [0, 0.1) is 6.92 Å². The van der Waals surface area contributed by atoms with Crippen molar-refractivity contribution in [2.75, 3.05) is 32.1 Å². The summed E-state index contributed by atoms with van der Waals surface area (Å²) in [5, 5.41) is 2.96. The van der Waals surface area contributed by atoms with E-state index in [-0.39, 0.29) is 24.5 Å². The van der Waals surface area contributed by atoms with Crippen molar-refractivity contribution in [1.82, 2.24) is 14.4 Å². The smallest absolute Gasteiger partial charge is 0.322 e. The number of aryl methyl sites for hydroxylation is 2. The van der Waals surface area contributed by atoms with Crippen LogP contribution in [0.25, 0.3) is 0 Å². The lowest BCUT2D eigenvalue weighted by atomic mass is 10.2. The summed E-state index contributed by atoms with van der Waals surface area (Å²) in [7, 11) is 3.57. The molecule has 2 rings (SSSR count). The Bertz CT molecular complexity index is 833. The van der Waals surface area contributed by atoms with Crippen LogP contribution in [0.3, 0.4) is 0 Å². The molecule has 0 radical (unpaired) electrons. The zero-order valence-corrected chi connectivity index (χ0v) is 18.7. The van der Waals surface area contributed by atoms with Crippen LogP contribution in [-0.2, 0) is 23.1 Å². The molecule has 0 aliphatic heterocycles. The normalized spacial score (nSPS) is 11.8. The summed E-state index contributed by atoms with van der Waals surface area (Å²) < 4.78 is 7.18. The van der Waals surface area contributed by atoms with Gasteiger partial charge in [0.25, 0.3) is 0 Å². The third kappa shape index (κ3) is 6.35. The molecule has 0 aliphatic rings. The number of ether oxygens (including phenoxy) is 1. The highest BCUT2D eigenvalue weighted by Gasteiger charge is 2.25. The van der Waals surface area contributed by atoms with Gasteiger partial charge in [0.15, 0.2) is 0 Å². The summed E-state index contributed by atoms with van der Waals surface area (Å²) in [4.78, 5) is 29.6. The van der Waals surface area contributed by atoms with Crippen LogP contribution in [-0.4, -0.2) is 59.2 Å². The number of carbonyl (C=O) groups excluding carboxylic acids is 2. The molecule has 0 saturated carbocycles. The Morgan fingerprint density at radius 1 is 1.20 bits per heavy atom. The van der Waals surface area contributed by atoms with Crippen LogP contribution >= 0.6 is 0 Å². The van der Waals surface area contributed by atoms with Crippen molar-refractivity contribution in [2.24, 2.45) is 7.05 Å². The maximum absolute atomic E-state index is 13.2. The van der Waals surface area contributed by atoms with Gasteiger partial charge in [0.1, 0.15) is 6.54 Å². The van der Waals surface area contributed by atoms with Gasteiger partial charge in [0.2, 0.25) is 5.91 Å². The van der Waals surface area contributed by atoms with Crippen molar-refractivity contribution in [2.45, 2.75) is 39.8 Å². The molecule has 1 unspecified atom stereocenters. The van der Waals surface area contributed by atoms with Crippen LogP contribution in [0.2, 0.25) is 0 Å². The summed E-state index contributed by atoms with van der Waals surface area (Å²) in [5.41, 5.74) is 2.76. The van der Waals surface area contributed by atoms with Crippen molar-refractivity contribution < 1.29 is 14.3 Å². The van der Waals surface area contributed by atoms with E-state index in [1.807, 2.05) is 75.0 Å². The highest BCUT2D eigenvalue weighted by molar-refractivity contribution is 5.93. The quantitative estimate of drug-likeness (QED) is 0.645. The minimum atomic E-state index is -0.266. The molecule has 0 bridgehead atoms. The monoisotopic (exact) mass is 414 g/mol. The van der Waals surface area contributed by atoms with Crippen molar-refractivity contribution >= 4 is 17.6 Å². The average Bonchev–Trinajstić information content (AvgIpc) is 3.14. The molecule has 1 atom stereocenters. The number of nitrogens with zero attached hydrogens (tertiary/aromatic N) is 3. The van der Waals surface area contributed by atoms with E-state index in [4.69, 9.17) is 4.74 Å². The van der Waals surface area contributed by atoms with Crippen LogP contribution in [0.15, 0.2) is 42.6 Å². The van der Waals surface area contributed by atoms with Gasteiger partial charge in [-0.05, 0) is 44.0 Å². The van der Waals surface area contributed by atoms with Crippen molar-refractivity contribution in [3.63, 3.8) is 0 Å². The lowest BCUT2D eigenvalue weighted by molar-refractivity contribution is -0.133. The third-order valence-corrected chi connectivity index (χ3v) is 5.40. The number of nitrogens with one attached hydrogen (secondary N) is 1. The molecule has 1 aromatic heterocycles. The molecule has 0 aliphatic carbocycles. The first-order valence-corrected chi connectivity index (χ1v) is 10.4. The Morgan fingerprint density at radius 2 is 1.93 bits per heavy atom. The number of hydrogen-bond donors (Lipinski definition) is 1. The number of urea groups is 1. The topological polar surface area (TPSA) is 66.8 Å². The predicted molar refractivity (Wildman–Crippen MR) is 119 cm³/mol. The SMILES string of the molecule is CCC(C)N(CC(=O)N(CCOC)Cc1cccn1C)C(=O)Nc1ccccc1C. The molecule has 0 saturated heterocycles. The van der Waals surface area contributed by atoms with Crippen molar-refractivity contribution in [1.29, 1.82) is 0 Å². The Kier molecular flexibility index (Phi) is 8.92. The minimum absolute atomic E-state index is 0.0147. The molecule has 1 aromatic carbocycles. The largest absolute Gasteiger partial charge is 0.383 e. The summed E-state index contributed by atoms with van der Waals surface area (Å²) in [6.45, 7) is 7.31. The number of para-hydroxylation sites is 1. The second-order valence-corrected chi connectivity index (χ2v) is 7.55. The zero-order chi connectivity index (χ0) is 22.1. The van der Waals surface area contributed by atoms with Gasteiger partial charge < -0.3 is 24.4 Å². The lowest BCUT2D eigenvalue weighted by Gasteiger charge is -2.31. The van der Waals surface area contributed by atoms with Gasteiger partial charge in [-0.25, -0.2) is 4.79 Å². The first-order valence-electron chi connectivity index (χ1n) is 10.4. The van der Waals surface area contributed by atoms with Gasteiger partial charge >= 0.3 is 6.03 Å². The molecule has 3 amide bonds. The van der Waals surface area contributed by atoms with Gasteiger partial charge in [-0.15, -0.1) is 0 Å². The number of amides is 3. The molecule has 2 aromatic rings. The molecule has 30 heavy (non-hydrogen) atoms. The zero-order valence-electron chi connectivity index (χ0n) is 18.7. The van der Waals surface area contributed by atoms with Crippen LogP contribution in [0.4, 0.5) is 10.5 Å². The molecule has 1 N–H and O–H groups in total. The number of rotatable bonds is 10. The Morgan fingerprint density at radius 3 is 2.53 bits per heavy atom. The fourth-order valence-corrected chi connectivity index (χ4v) is 3.14. The number of methoxy groups -OCH3 is 1. The third-order valence-electron chi connectivity index (χ3n) is 5.40. The van der Waals surface area contributed by atoms with Crippen LogP contribution in [0.5, 0.6) is 0 Å². The standard InChI is InChI=1S/C23H34N4O3/c1-6-19(3)27(23(29)24-21-12-8-7-10-18(21)2)17-22(28)26(14-15-30-5)16-20-11-9-13-25(20)4/h7-13,19H,6,14-17H2,1-5H3,(H,24,29). The van der Waals surface area contributed by atoms with Gasteiger partial charge in [-0.2, -0.15) is 0 Å². The first-order chi connectivity index (χ1) is 14.4. The molecule has 1 heterocycles. The molecule has 164 valence electrons. The van der Waals surface area contributed by atoms with E-state index in [1.54, 1.807) is 16.9 Å². The van der Waals surface area contributed by atoms with Gasteiger partial charge in [-0.1, -0.05) is 25.1 Å². The second kappa shape index (κ2) is 11.4. The van der Waals surface area contributed by atoms with E-state index in [0.717, 1.165) is 23.4 Å². The Hall–Kier alpha value is -2.80. The fraction of sp³-hybridized carbons (Fsp3) is 0.478. The molecular weight excluding hydrogens is 380 g/mol. The summed E-state index contributed by atoms with van der Waals surface area (Å²) in [5.74, 6) is -0.103. The molecule has 0 spiro atoms. The van der Waals surface area contributed by atoms with Crippen LogP contribution in [0.1, 0.15) is 31.5 Å². The van der Waals surface area contributed by atoms with E-state index in [1.165, 1.54) is 0 Å². The van der Waals surface area contributed by atoms with Crippen molar-refractivity contribution in [3.8, 4) is 0 Å². The van der Waals surface area contributed by atoms with E-state index in [2.05, 4.69) is 5.32 Å². The summed E-state index contributed by atoms with van der Waals surface area (Å²) >= 11 is 0. The molecule has 7 nitrogen and oxygen atoms in total. The minimum Gasteiger partial charge on any atom is -0.383 e. The highest BCUT2D eigenvalue weighted by atomic mass is 16.5. The Balaban J connectivity index is 2.15. The van der Waals surface area contributed by atoms with E-state index >= 15 is 0 Å². The number of hydrogen-bond acceptors (Lipinski definition) is 3. The predicted octanol–water partition coefficient (Wildman–Crippen LogP) is 3.64. The number of benzene rings is 1. The highest BCUT2D eigenvalue weighted by Crippen LogP contribution is 2.16. The van der Waals surface area contributed by atoms with Crippen molar-refractivity contribution in [3.05, 3.63) is 53.9 Å². The van der Waals surface area contributed by atoms with Gasteiger partial charge in [0.05, 0.1) is 13.2 Å². The number of carbonyl (C=O) groups is 2. The summed E-state index contributed by atoms with van der Waals surface area (Å²) in [6, 6.07) is 11.2. The lowest BCUT2D eigenvalue weighted by Crippen LogP contribution is -2.48. The van der Waals surface area contributed by atoms with Gasteiger partial charge in [-0.3, -0.25) is 4.79 Å². The van der Waals surface area contributed by atoms with E-state index < -0.39 is 0 Å². The van der Waals surface area contributed by atoms with E-state index in [0.29, 0.717) is 19.7 Å². The van der Waals surface area contributed by atoms with Gasteiger partial charge in [0, 0.05) is 44.3 Å². The molecular formula is C23H34N4O3. The maximum atomic E-state index is 13.2. The maximum Gasteiger partial charge on any atom is 0.322 e. The molecule has 7 heteroatoms. The second-order valence-electron chi connectivity index (χ2n) is 7.55.